The molecule has 2 fully saturated rings. The van der Waals surface area contributed by atoms with Crippen molar-refractivity contribution in [3.8, 4) is 0 Å². The van der Waals surface area contributed by atoms with Gasteiger partial charge in [0.2, 0.25) is 5.91 Å². The number of rotatable bonds is 9. The minimum atomic E-state index is -0.615. The number of carbonyl (C=O) groups excluding carboxylic acids is 2. The highest BCUT2D eigenvalue weighted by Gasteiger charge is 2.42. The highest BCUT2D eigenvalue weighted by molar-refractivity contribution is 8.00. The van der Waals surface area contributed by atoms with Crippen molar-refractivity contribution in [2.45, 2.75) is 43.0 Å². The molecule has 3 N–H and O–H groups in total. The van der Waals surface area contributed by atoms with Crippen LogP contribution in [0.15, 0.2) is 27.7 Å². The van der Waals surface area contributed by atoms with Gasteiger partial charge in [-0.2, -0.15) is 16.9 Å². The fourth-order valence-electron chi connectivity index (χ4n) is 3.15. The second-order valence-electron chi connectivity index (χ2n) is 6.47. The quantitative estimate of drug-likeness (QED) is 0.188. The van der Waals surface area contributed by atoms with Crippen molar-refractivity contribution in [1.82, 2.24) is 16.1 Å². The molecule has 3 atom stereocenters. The largest absolute Gasteiger partial charge is 0.433 e. The number of hydrogen-bond donors (Lipinski definition) is 3. The number of nitrogens with zero attached hydrogens (tertiary/aromatic N) is 2. The molecule has 28 heavy (non-hydrogen) atoms. The summed E-state index contributed by atoms with van der Waals surface area (Å²) in [4.78, 5) is 33.0. The SMILES string of the molecule is O=C(CCCC[C@@H]1SCC2NC(=O)NC21)N/N=C/C=C/c1ccc([N+](=O)[O-])o1. The lowest BCUT2D eigenvalue weighted by atomic mass is 10.0. The first-order valence-corrected chi connectivity index (χ1v) is 9.99. The van der Waals surface area contributed by atoms with E-state index in [0.29, 0.717) is 17.4 Å². The van der Waals surface area contributed by atoms with Gasteiger partial charge in [0.25, 0.3) is 0 Å². The summed E-state index contributed by atoms with van der Waals surface area (Å²) in [6.45, 7) is 0. The van der Waals surface area contributed by atoms with E-state index in [1.54, 1.807) is 0 Å². The molecule has 11 heteroatoms. The van der Waals surface area contributed by atoms with Gasteiger partial charge >= 0.3 is 11.9 Å². The van der Waals surface area contributed by atoms with Gasteiger partial charge in [0.05, 0.1) is 18.2 Å². The van der Waals surface area contributed by atoms with Crippen LogP contribution in [0.5, 0.6) is 0 Å². The average molecular weight is 407 g/mol. The van der Waals surface area contributed by atoms with E-state index in [-0.39, 0.29) is 29.9 Å². The van der Waals surface area contributed by atoms with Crippen LogP contribution in [0.3, 0.4) is 0 Å². The molecule has 3 heterocycles. The summed E-state index contributed by atoms with van der Waals surface area (Å²) in [5.74, 6) is 0.751. The molecule has 1 aromatic heterocycles. The van der Waals surface area contributed by atoms with Gasteiger partial charge in [-0.3, -0.25) is 14.9 Å². The first kappa shape index (κ1) is 19.9. The number of nitrogens with one attached hydrogen (secondary N) is 3. The minimum absolute atomic E-state index is 0.0862. The summed E-state index contributed by atoms with van der Waals surface area (Å²) in [5, 5.41) is 20.6. The summed E-state index contributed by atoms with van der Waals surface area (Å²) in [6, 6.07) is 3.06. The smallest absolute Gasteiger partial charge is 0.401 e. The number of hydrogen-bond acceptors (Lipinski definition) is 7. The van der Waals surface area contributed by atoms with Crippen LogP contribution in [0.4, 0.5) is 10.7 Å². The molecule has 1 aromatic rings. The second kappa shape index (κ2) is 9.40. The number of carbonyl (C=O) groups is 2. The number of nitro groups is 1. The maximum atomic E-state index is 11.8. The summed E-state index contributed by atoms with van der Waals surface area (Å²) in [6.07, 6.45) is 7.39. The van der Waals surface area contributed by atoms with Crippen LogP contribution in [0.25, 0.3) is 6.08 Å². The number of thioether (sulfide) groups is 1. The molecule has 3 amide bonds. The van der Waals surface area contributed by atoms with E-state index in [4.69, 9.17) is 4.42 Å². The van der Waals surface area contributed by atoms with Gasteiger partial charge < -0.3 is 15.1 Å². The van der Waals surface area contributed by atoms with Crippen molar-refractivity contribution in [1.29, 1.82) is 0 Å². The summed E-state index contributed by atoms with van der Waals surface area (Å²) in [7, 11) is 0. The van der Waals surface area contributed by atoms with Crippen LogP contribution in [-0.4, -0.2) is 46.2 Å². The number of urea groups is 1. The molecule has 0 spiro atoms. The Hall–Kier alpha value is -2.82. The van der Waals surface area contributed by atoms with Crippen LogP contribution in [0, 0.1) is 10.1 Å². The normalized spacial score (nSPS) is 23.7. The maximum absolute atomic E-state index is 11.8. The van der Waals surface area contributed by atoms with Gasteiger partial charge in [0, 0.05) is 23.6 Å². The Balaban J connectivity index is 1.28. The van der Waals surface area contributed by atoms with E-state index in [2.05, 4.69) is 21.2 Å². The third kappa shape index (κ3) is 5.35. The zero-order chi connectivity index (χ0) is 19.9. The fourth-order valence-corrected chi connectivity index (χ4v) is 4.69. The maximum Gasteiger partial charge on any atom is 0.433 e. The predicted molar refractivity (Wildman–Crippen MR) is 105 cm³/mol. The van der Waals surface area contributed by atoms with Crippen molar-refractivity contribution >= 4 is 41.9 Å². The Labute approximate surface area is 165 Å². The molecule has 2 unspecified atom stereocenters. The van der Waals surface area contributed by atoms with Crippen molar-refractivity contribution in [2.24, 2.45) is 5.10 Å². The molecular weight excluding hydrogens is 386 g/mol. The Morgan fingerprint density at radius 1 is 1.43 bits per heavy atom. The van der Waals surface area contributed by atoms with E-state index >= 15 is 0 Å². The van der Waals surface area contributed by atoms with Gasteiger partial charge in [-0.05, 0) is 31.1 Å². The molecule has 10 nitrogen and oxygen atoms in total. The Kier molecular flexibility index (Phi) is 6.69. The lowest BCUT2D eigenvalue weighted by Gasteiger charge is -2.16. The van der Waals surface area contributed by atoms with Crippen LogP contribution in [0.1, 0.15) is 31.4 Å². The summed E-state index contributed by atoms with van der Waals surface area (Å²) in [5.41, 5.74) is 2.43. The van der Waals surface area contributed by atoms with Crippen LogP contribution < -0.4 is 16.1 Å². The monoisotopic (exact) mass is 407 g/mol. The molecule has 3 rings (SSSR count). The van der Waals surface area contributed by atoms with Crippen LogP contribution in [0.2, 0.25) is 0 Å². The first-order chi connectivity index (χ1) is 13.5. The molecule has 0 bridgehead atoms. The number of allylic oxidation sites excluding steroid dienone is 1. The van der Waals surface area contributed by atoms with E-state index in [1.807, 2.05) is 11.8 Å². The molecule has 0 aliphatic carbocycles. The number of fused-ring (bicyclic) bond motifs is 1. The summed E-state index contributed by atoms with van der Waals surface area (Å²) < 4.78 is 4.95. The van der Waals surface area contributed by atoms with Crippen molar-refractivity contribution in [2.75, 3.05) is 5.75 Å². The molecule has 2 aliphatic rings. The molecule has 0 aromatic carbocycles. The molecule has 150 valence electrons. The number of hydrazone groups is 1. The number of furan rings is 1. The fraction of sp³-hybridized carbons (Fsp3) is 0.471. The highest BCUT2D eigenvalue weighted by Crippen LogP contribution is 2.33. The summed E-state index contributed by atoms with van der Waals surface area (Å²) >= 11 is 1.86. The Morgan fingerprint density at radius 3 is 3.07 bits per heavy atom. The number of amides is 3. The zero-order valence-electron chi connectivity index (χ0n) is 15.0. The topological polar surface area (TPSA) is 139 Å². The van der Waals surface area contributed by atoms with Gasteiger partial charge in [-0.1, -0.05) is 6.42 Å². The van der Waals surface area contributed by atoms with Gasteiger partial charge in [-0.25, -0.2) is 10.2 Å². The third-order valence-corrected chi connectivity index (χ3v) is 5.99. The van der Waals surface area contributed by atoms with Gasteiger partial charge in [0.15, 0.2) is 0 Å². The van der Waals surface area contributed by atoms with Crippen molar-refractivity contribution in [3.63, 3.8) is 0 Å². The van der Waals surface area contributed by atoms with Crippen LogP contribution >= 0.6 is 11.8 Å². The minimum Gasteiger partial charge on any atom is -0.401 e. The second-order valence-corrected chi connectivity index (χ2v) is 7.75. The molecule has 2 saturated heterocycles. The number of unbranched alkanes of at least 4 members (excludes halogenated alkanes) is 1. The molecule has 2 aliphatic heterocycles. The molecule has 0 saturated carbocycles. The van der Waals surface area contributed by atoms with E-state index in [1.165, 1.54) is 30.5 Å². The first-order valence-electron chi connectivity index (χ1n) is 8.94. The standard InChI is InChI=1S/C17H21N5O5S/c23-14(21-18-9-3-4-11-7-8-15(27-11)22(25)26)6-2-1-5-13-16-12(10-28-13)19-17(24)20-16/h3-4,7-9,12-13,16H,1-2,5-6,10H2,(H,21,23)(H2,19,20,24)/b4-3+,18-9+/t12?,13-,16?/m0/s1. The molecule has 0 radical (unpaired) electrons. The van der Waals surface area contributed by atoms with E-state index in [9.17, 15) is 19.7 Å². The van der Waals surface area contributed by atoms with Gasteiger partial charge in [0.1, 0.15) is 10.7 Å². The zero-order valence-corrected chi connectivity index (χ0v) is 15.8. The van der Waals surface area contributed by atoms with Gasteiger partial charge in [-0.15, -0.1) is 0 Å². The lowest BCUT2D eigenvalue weighted by molar-refractivity contribution is -0.402. The third-order valence-electron chi connectivity index (χ3n) is 4.48. The van der Waals surface area contributed by atoms with E-state index < -0.39 is 4.92 Å². The van der Waals surface area contributed by atoms with Crippen LogP contribution in [-0.2, 0) is 4.79 Å². The predicted octanol–water partition coefficient (Wildman–Crippen LogP) is 2.03. The molecular formula is C17H21N5O5S. The van der Waals surface area contributed by atoms with Crippen molar-refractivity contribution < 1.29 is 18.9 Å². The lowest BCUT2D eigenvalue weighted by Crippen LogP contribution is -2.36. The van der Waals surface area contributed by atoms with E-state index in [0.717, 1.165) is 25.0 Å². The average Bonchev–Trinajstić information content (AvgIpc) is 3.35. The Morgan fingerprint density at radius 2 is 2.29 bits per heavy atom. The van der Waals surface area contributed by atoms with Crippen molar-refractivity contribution in [3.05, 3.63) is 34.1 Å². The Bertz CT molecular complexity index is 793. The highest BCUT2D eigenvalue weighted by atomic mass is 32.2.